The first-order chi connectivity index (χ1) is 18.0. The van der Waals surface area contributed by atoms with Gasteiger partial charge in [-0.05, 0) is 72.2 Å². The van der Waals surface area contributed by atoms with E-state index in [0.717, 1.165) is 19.5 Å². The maximum absolute atomic E-state index is 15.2. The SMILES string of the molecule is C[C@@H](c1cccc(N2Cc3c(cc(CN4CCC5(CC5)C4)cc3C(F)(F)F)C2=O)c1)[C@H](F)c1nncn1C. The first-order valence-electron chi connectivity index (χ1n) is 12.9. The molecule has 3 aromatic rings. The van der Waals surface area contributed by atoms with E-state index in [1.54, 1.807) is 44.3 Å². The van der Waals surface area contributed by atoms with Crippen LogP contribution in [0.2, 0.25) is 0 Å². The Morgan fingerprint density at radius 1 is 1.13 bits per heavy atom. The number of amides is 1. The number of hydrogen-bond acceptors (Lipinski definition) is 4. The molecule has 0 radical (unpaired) electrons. The van der Waals surface area contributed by atoms with Crippen molar-refractivity contribution < 1.29 is 22.4 Å². The van der Waals surface area contributed by atoms with Gasteiger partial charge in [-0.15, -0.1) is 10.2 Å². The third-order valence-corrected chi connectivity index (χ3v) is 8.43. The molecule has 6 nitrogen and oxygen atoms in total. The van der Waals surface area contributed by atoms with Crippen LogP contribution >= 0.6 is 0 Å². The molecule has 2 aliphatic heterocycles. The normalized spacial score (nSPS) is 20.3. The molecule has 10 heteroatoms. The molecule has 3 aliphatic rings. The maximum atomic E-state index is 15.2. The molecule has 38 heavy (non-hydrogen) atoms. The predicted molar refractivity (Wildman–Crippen MR) is 133 cm³/mol. The van der Waals surface area contributed by atoms with E-state index in [2.05, 4.69) is 15.1 Å². The zero-order valence-corrected chi connectivity index (χ0v) is 21.3. The lowest BCUT2D eigenvalue weighted by Crippen LogP contribution is -2.23. The molecular formula is C28H29F4N5O. The van der Waals surface area contributed by atoms with Gasteiger partial charge in [-0.2, -0.15) is 13.2 Å². The highest BCUT2D eigenvalue weighted by Crippen LogP contribution is 2.53. The molecule has 2 aromatic carbocycles. The standard InChI is InChI=1S/C28H29F4N5O/c1-17(24(29)25-34-33-16-35(25)2)19-4-3-5-20(12-19)37-14-22-21(26(37)38)10-18(11-23(22)28(30,31)32)13-36-9-8-27(15-36)6-7-27/h3-5,10-12,16-17,24H,6-9,13-15H2,1-2H3/t17-,24-/m0/s1. The lowest BCUT2D eigenvalue weighted by atomic mass is 9.95. The summed E-state index contributed by atoms with van der Waals surface area (Å²) in [5.41, 5.74) is 1.26. The van der Waals surface area contributed by atoms with Crippen molar-refractivity contribution in [2.24, 2.45) is 12.5 Å². The molecule has 0 unspecified atom stereocenters. The van der Waals surface area contributed by atoms with Gasteiger partial charge >= 0.3 is 6.18 Å². The molecule has 6 rings (SSSR count). The van der Waals surface area contributed by atoms with Crippen LogP contribution < -0.4 is 4.90 Å². The molecular weight excluding hydrogens is 498 g/mol. The highest BCUT2D eigenvalue weighted by atomic mass is 19.4. The van der Waals surface area contributed by atoms with Crippen LogP contribution in [0.25, 0.3) is 0 Å². The Bertz CT molecular complexity index is 1400. The zero-order chi connectivity index (χ0) is 26.8. The van der Waals surface area contributed by atoms with E-state index in [1.807, 2.05) is 0 Å². The Morgan fingerprint density at radius 3 is 2.58 bits per heavy atom. The van der Waals surface area contributed by atoms with Crippen molar-refractivity contribution in [2.45, 2.75) is 57.5 Å². The number of fused-ring (bicyclic) bond motifs is 1. The number of nitrogens with zero attached hydrogens (tertiary/aromatic N) is 5. The number of hydrogen-bond donors (Lipinski definition) is 0. The Hall–Kier alpha value is -3.27. The molecule has 2 atom stereocenters. The Labute approximate surface area is 218 Å². The van der Waals surface area contributed by atoms with Gasteiger partial charge in [0, 0.05) is 37.3 Å². The summed E-state index contributed by atoms with van der Waals surface area (Å²) in [5.74, 6) is -0.895. The monoisotopic (exact) mass is 527 g/mol. The zero-order valence-electron chi connectivity index (χ0n) is 21.3. The molecule has 1 amide bonds. The van der Waals surface area contributed by atoms with Crippen molar-refractivity contribution in [1.29, 1.82) is 0 Å². The summed E-state index contributed by atoms with van der Waals surface area (Å²) in [6.45, 7) is 3.69. The number of rotatable bonds is 6. The van der Waals surface area contributed by atoms with E-state index in [0.29, 0.717) is 28.8 Å². The lowest BCUT2D eigenvalue weighted by Gasteiger charge is -2.21. The number of anilines is 1. The summed E-state index contributed by atoms with van der Waals surface area (Å²) in [6, 6.07) is 9.61. The van der Waals surface area contributed by atoms with E-state index in [1.165, 1.54) is 34.7 Å². The summed E-state index contributed by atoms with van der Waals surface area (Å²) in [7, 11) is 1.66. The summed E-state index contributed by atoms with van der Waals surface area (Å²) < 4.78 is 59.2. The van der Waals surface area contributed by atoms with Gasteiger partial charge in [0.2, 0.25) is 0 Å². The third-order valence-electron chi connectivity index (χ3n) is 8.43. The topological polar surface area (TPSA) is 54.3 Å². The van der Waals surface area contributed by atoms with Crippen LogP contribution in [0.1, 0.15) is 76.7 Å². The number of carbonyl (C=O) groups is 1. The minimum absolute atomic E-state index is 0.00719. The fourth-order valence-electron chi connectivity index (χ4n) is 5.94. The van der Waals surface area contributed by atoms with Crippen molar-refractivity contribution in [3.8, 4) is 0 Å². The molecule has 200 valence electrons. The summed E-state index contributed by atoms with van der Waals surface area (Å²) in [4.78, 5) is 17.0. The van der Waals surface area contributed by atoms with Crippen LogP contribution in [0.15, 0.2) is 42.7 Å². The number of benzene rings is 2. The van der Waals surface area contributed by atoms with E-state index in [9.17, 15) is 18.0 Å². The van der Waals surface area contributed by atoms with Crippen LogP contribution in [-0.4, -0.2) is 38.7 Å². The van der Waals surface area contributed by atoms with E-state index in [4.69, 9.17) is 0 Å². The van der Waals surface area contributed by atoms with Gasteiger partial charge in [0.1, 0.15) is 6.33 Å². The van der Waals surface area contributed by atoms with Crippen LogP contribution in [0, 0.1) is 5.41 Å². The molecule has 2 fully saturated rings. The summed E-state index contributed by atoms with van der Waals surface area (Å²) in [6.07, 6.45) is -1.13. The summed E-state index contributed by atoms with van der Waals surface area (Å²) in [5, 5.41) is 7.59. The quantitative estimate of drug-likeness (QED) is 0.381. The van der Waals surface area contributed by atoms with Gasteiger partial charge in [-0.1, -0.05) is 19.1 Å². The fourth-order valence-corrected chi connectivity index (χ4v) is 5.94. The first-order valence-corrected chi connectivity index (χ1v) is 12.9. The maximum Gasteiger partial charge on any atom is 0.416 e. The highest BCUT2D eigenvalue weighted by molar-refractivity contribution is 6.10. The van der Waals surface area contributed by atoms with Gasteiger partial charge < -0.3 is 9.47 Å². The Kier molecular flexibility index (Phi) is 5.86. The van der Waals surface area contributed by atoms with Gasteiger partial charge in [0.05, 0.1) is 12.1 Å². The number of aryl methyl sites for hydroxylation is 1. The van der Waals surface area contributed by atoms with Crippen LogP contribution in [0.4, 0.5) is 23.2 Å². The average molecular weight is 528 g/mol. The van der Waals surface area contributed by atoms with Gasteiger partial charge in [0.25, 0.3) is 5.91 Å². The second kappa shape index (κ2) is 8.90. The number of alkyl halides is 4. The molecule has 1 aromatic heterocycles. The molecule has 1 aliphatic carbocycles. The van der Waals surface area contributed by atoms with E-state index < -0.39 is 29.7 Å². The fraction of sp³-hybridized carbons (Fsp3) is 0.464. The Morgan fingerprint density at radius 2 is 1.92 bits per heavy atom. The molecule has 0 N–H and O–H groups in total. The minimum atomic E-state index is -4.58. The first kappa shape index (κ1) is 25.0. The van der Waals surface area contributed by atoms with Crippen molar-refractivity contribution in [3.05, 3.63) is 76.4 Å². The molecule has 3 heterocycles. The lowest BCUT2D eigenvalue weighted by molar-refractivity contribution is -0.138. The highest BCUT2D eigenvalue weighted by Gasteiger charge is 2.47. The smallest absolute Gasteiger partial charge is 0.318 e. The second-order valence-electron chi connectivity index (χ2n) is 11.1. The number of carbonyl (C=O) groups excluding carboxylic acids is 1. The van der Waals surface area contributed by atoms with Crippen molar-refractivity contribution >= 4 is 11.6 Å². The summed E-state index contributed by atoms with van der Waals surface area (Å²) >= 11 is 0. The van der Waals surface area contributed by atoms with Crippen molar-refractivity contribution in [1.82, 2.24) is 19.7 Å². The minimum Gasteiger partial charge on any atom is -0.318 e. The van der Waals surface area contributed by atoms with Crippen LogP contribution in [0.3, 0.4) is 0 Å². The largest absolute Gasteiger partial charge is 0.416 e. The molecule has 1 saturated heterocycles. The number of likely N-dealkylation sites (tertiary alicyclic amines) is 1. The Balaban J connectivity index is 1.28. The molecule has 1 saturated carbocycles. The number of halogens is 4. The van der Waals surface area contributed by atoms with Gasteiger partial charge in [-0.3, -0.25) is 9.69 Å². The van der Waals surface area contributed by atoms with Gasteiger partial charge in [0.15, 0.2) is 12.0 Å². The van der Waals surface area contributed by atoms with E-state index in [-0.39, 0.29) is 23.5 Å². The molecule has 1 spiro atoms. The predicted octanol–water partition coefficient (Wildman–Crippen LogP) is 5.79. The van der Waals surface area contributed by atoms with Crippen molar-refractivity contribution in [2.75, 3.05) is 18.0 Å². The molecule has 0 bridgehead atoms. The van der Waals surface area contributed by atoms with Crippen LogP contribution in [0.5, 0.6) is 0 Å². The van der Waals surface area contributed by atoms with Crippen LogP contribution in [-0.2, 0) is 26.3 Å². The number of aromatic nitrogens is 3. The van der Waals surface area contributed by atoms with E-state index >= 15 is 4.39 Å². The van der Waals surface area contributed by atoms with Gasteiger partial charge in [-0.25, -0.2) is 4.39 Å². The average Bonchev–Trinajstić information content (AvgIpc) is 3.16. The third kappa shape index (κ3) is 4.38. The van der Waals surface area contributed by atoms with Crippen molar-refractivity contribution in [3.63, 3.8) is 0 Å². The second-order valence-corrected chi connectivity index (χ2v) is 11.1.